The quantitative estimate of drug-likeness (QED) is 0.784. The first kappa shape index (κ1) is 13.0. The highest BCUT2D eigenvalue weighted by Crippen LogP contribution is 2.20. The van der Waals surface area contributed by atoms with Crippen molar-refractivity contribution in [1.29, 1.82) is 5.26 Å². The molecule has 0 radical (unpaired) electrons. The second-order valence-corrected chi connectivity index (χ2v) is 5.46. The summed E-state index contributed by atoms with van der Waals surface area (Å²) in [7, 11) is 0. The second-order valence-electron chi connectivity index (χ2n) is 4.41. The molecular formula is C14H16N2OS. The van der Waals surface area contributed by atoms with E-state index in [4.69, 9.17) is 5.26 Å². The summed E-state index contributed by atoms with van der Waals surface area (Å²) < 4.78 is 0. The number of carbonyl (C=O) groups is 1. The van der Waals surface area contributed by atoms with E-state index >= 15 is 0 Å². The Kier molecular flexibility index (Phi) is 4.66. The number of likely N-dealkylation sites (tertiary alicyclic amines) is 1. The van der Waals surface area contributed by atoms with Crippen molar-refractivity contribution in [2.45, 2.75) is 17.7 Å². The number of piperidine rings is 1. The zero-order valence-electron chi connectivity index (χ0n) is 10.2. The van der Waals surface area contributed by atoms with Gasteiger partial charge in [-0.1, -0.05) is 18.2 Å². The Labute approximate surface area is 112 Å². The summed E-state index contributed by atoms with van der Waals surface area (Å²) in [5, 5.41) is 8.91. The van der Waals surface area contributed by atoms with Crippen LogP contribution >= 0.6 is 11.8 Å². The van der Waals surface area contributed by atoms with Gasteiger partial charge in [0.25, 0.3) is 0 Å². The van der Waals surface area contributed by atoms with Gasteiger partial charge in [0.1, 0.15) is 0 Å². The van der Waals surface area contributed by atoms with Crippen LogP contribution in [0.25, 0.3) is 0 Å². The van der Waals surface area contributed by atoms with E-state index in [2.05, 4.69) is 6.07 Å². The van der Waals surface area contributed by atoms with Gasteiger partial charge in [0.2, 0.25) is 5.91 Å². The molecule has 0 aromatic heterocycles. The van der Waals surface area contributed by atoms with E-state index in [9.17, 15) is 4.79 Å². The van der Waals surface area contributed by atoms with Gasteiger partial charge in [0, 0.05) is 18.0 Å². The van der Waals surface area contributed by atoms with E-state index < -0.39 is 0 Å². The molecular weight excluding hydrogens is 244 g/mol. The molecule has 1 atom stereocenters. The minimum atomic E-state index is 0.0180. The topological polar surface area (TPSA) is 44.1 Å². The summed E-state index contributed by atoms with van der Waals surface area (Å²) in [6.07, 6.45) is 1.87. The zero-order chi connectivity index (χ0) is 12.8. The number of carbonyl (C=O) groups excluding carboxylic acids is 1. The Morgan fingerprint density at radius 3 is 2.94 bits per heavy atom. The summed E-state index contributed by atoms with van der Waals surface area (Å²) in [4.78, 5) is 15.0. The van der Waals surface area contributed by atoms with Crippen molar-refractivity contribution in [2.24, 2.45) is 5.92 Å². The third-order valence-corrected chi connectivity index (χ3v) is 4.06. The predicted octanol–water partition coefficient (Wildman–Crippen LogP) is 2.54. The molecule has 0 aliphatic carbocycles. The lowest BCUT2D eigenvalue weighted by molar-refractivity contribution is -0.129. The molecule has 1 aliphatic rings. The summed E-state index contributed by atoms with van der Waals surface area (Å²) in [5.41, 5.74) is 0. The van der Waals surface area contributed by atoms with Gasteiger partial charge in [0.05, 0.1) is 17.7 Å². The van der Waals surface area contributed by atoms with Crippen molar-refractivity contribution in [3.63, 3.8) is 0 Å². The third kappa shape index (κ3) is 3.51. The largest absolute Gasteiger partial charge is 0.341 e. The van der Waals surface area contributed by atoms with E-state index in [0.717, 1.165) is 24.3 Å². The van der Waals surface area contributed by atoms with Gasteiger partial charge in [-0.3, -0.25) is 4.79 Å². The van der Waals surface area contributed by atoms with Gasteiger partial charge >= 0.3 is 0 Å². The molecule has 1 saturated heterocycles. The summed E-state index contributed by atoms with van der Waals surface area (Å²) in [6.45, 7) is 1.40. The smallest absolute Gasteiger partial charge is 0.232 e. The van der Waals surface area contributed by atoms with E-state index in [-0.39, 0.29) is 11.8 Å². The molecule has 2 rings (SSSR count). The van der Waals surface area contributed by atoms with Gasteiger partial charge in [0.15, 0.2) is 0 Å². The molecule has 1 amide bonds. The van der Waals surface area contributed by atoms with E-state index in [1.54, 1.807) is 11.8 Å². The molecule has 0 N–H and O–H groups in total. The molecule has 0 spiro atoms. The highest BCUT2D eigenvalue weighted by atomic mass is 32.2. The average molecular weight is 260 g/mol. The molecule has 1 fully saturated rings. The number of amides is 1. The van der Waals surface area contributed by atoms with Crippen LogP contribution in [0.4, 0.5) is 0 Å². The average Bonchev–Trinajstić information content (AvgIpc) is 2.46. The predicted molar refractivity (Wildman–Crippen MR) is 72.1 cm³/mol. The Bertz CT molecular complexity index is 441. The molecule has 0 saturated carbocycles. The fourth-order valence-corrected chi connectivity index (χ4v) is 2.88. The van der Waals surface area contributed by atoms with Gasteiger partial charge < -0.3 is 4.90 Å². The standard InChI is InChI=1S/C14H16N2OS/c15-9-12-5-4-8-16(10-12)14(17)11-18-13-6-2-1-3-7-13/h1-3,6-7,12H,4-5,8,10-11H2. The molecule has 3 nitrogen and oxygen atoms in total. The van der Waals surface area contributed by atoms with Crippen molar-refractivity contribution in [2.75, 3.05) is 18.8 Å². The number of thioether (sulfide) groups is 1. The third-order valence-electron chi connectivity index (χ3n) is 3.06. The lowest BCUT2D eigenvalue weighted by atomic mass is 10.00. The van der Waals surface area contributed by atoms with Crippen molar-refractivity contribution in [1.82, 2.24) is 4.90 Å². The first-order chi connectivity index (χ1) is 8.79. The van der Waals surface area contributed by atoms with Crippen molar-refractivity contribution in [3.8, 4) is 6.07 Å². The highest BCUT2D eigenvalue weighted by molar-refractivity contribution is 8.00. The highest BCUT2D eigenvalue weighted by Gasteiger charge is 2.23. The number of nitrogens with zero attached hydrogens (tertiary/aromatic N) is 2. The molecule has 18 heavy (non-hydrogen) atoms. The molecule has 4 heteroatoms. The van der Waals surface area contributed by atoms with Crippen LogP contribution in [0.1, 0.15) is 12.8 Å². The fourth-order valence-electron chi connectivity index (χ4n) is 2.06. The maximum atomic E-state index is 12.0. The normalized spacial score (nSPS) is 19.3. The molecule has 94 valence electrons. The lowest BCUT2D eigenvalue weighted by Crippen LogP contribution is -2.40. The van der Waals surface area contributed by atoms with E-state index in [1.807, 2.05) is 35.2 Å². The van der Waals surface area contributed by atoms with Crippen LogP contribution in [-0.2, 0) is 4.79 Å². The maximum absolute atomic E-state index is 12.0. The minimum Gasteiger partial charge on any atom is -0.341 e. The molecule has 1 aromatic rings. The Balaban J connectivity index is 1.83. The molecule has 1 aromatic carbocycles. The number of rotatable bonds is 3. The van der Waals surface area contributed by atoms with Gasteiger partial charge in [-0.05, 0) is 25.0 Å². The van der Waals surface area contributed by atoms with Crippen LogP contribution in [0.2, 0.25) is 0 Å². The van der Waals surface area contributed by atoms with Crippen LogP contribution in [0.3, 0.4) is 0 Å². The van der Waals surface area contributed by atoms with E-state index in [0.29, 0.717) is 12.3 Å². The van der Waals surface area contributed by atoms with Crippen molar-refractivity contribution < 1.29 is 4.79 Å². The number of nitriles is 1. The molecule has 1 heterocycles. The van der Waals surface area contributed by atoms with Crippen LogP contribution in [0, 0.1) is 17.2 Å². The SMILES string of the molecule is N#CC1CCCN(C(=O)CSc2ccccc2)C1. The second kappa shape index (κ2) is 6.46. The van der Waals surface area contributed by atoms with Gasteiger partial charge in [-0.25, -0.2) is 0 Å². The maximum Gasteiger partial charge on any atom is 0.232 e. The molecule has 0 bridgehead atoms. The lowest BCUT2D eigenvalue weighted by Gasteiger charge is -2.29. The van der Waals surface area contributed by atoms with Crippen LogP contribution < -0.4 is 0 Å². The number of benzene rings is 1. The van der Waals surface area contributed by atoms with Crippen LogP contribution in [-0.4, -0.2) is 29.6 Å². The Morgan fingerprint density at radius 2 is 2.22 bits per heavy atom. The van der Waals surface area contributed by atoms with E-state index in [1.165, 1.54) is 0 Å². The minimum absolute atomic E-state index is 0.0180. The summed E-state index contributed by atoms with van der Waals surface area (Å²) in [5.74, 6) is 0.621. The van der Waals surface area contributed by atoms with Crippen molar-refractivity contribution in [3.05, 3.63) is 30.3 Å². The Hall–Kier alpha value is -1.47. The Morgan fingerprint density at radius 1 is 1.44 bits per heavy atom. The first-order valence-corrected chi connectivity index (χ1v) is 7.13. The molecule has 1 unspecified atom stereocenters. The number of hydrogen-bond acceptors (Lipinski definition) is 3. The summed E-state index contributed by atoms with van der Waals surface area (Å²) >= 11 is 1.56. The molecule has 1 aliphatic heterocycles. The van der Waals surface area contributed by atoms with Crippen LogP contribution in [0.15, 0.2) is 35.2 Å². The first-order valence-electron chi connectivity index (χ1n) is 6.15. The van der Waals surface area contributed by atoms with Gasteiger partial charge in [-0.15, -0.1) is 11.8 Å². The van der Waals surface area contributed by atoms with Crippen molar-refractivity contribution >= 4 is 17.7 Å². The van der Waals surface area contributed by atoms with Gasteiger partial charge in [-0.2, -0.15) is 5.26 Å². The summed E-state index contributed by atoms with van der Waals surface area (Å²) in [6, 6.07) is 12.2. The zero-order valence-corrected chi connectivity index (χ0v) is 11.0. The monoisotopic (exact) mass is 260 g/mol. The van der Waals surface area contributed by atoms with Crippen LogP contribution in [0.5, 0.6) is 0 Å². The fraction of sp³-hybridized carbons (Fsp3) is 0.429. The number of hydrogen-bond donors (Lipinski definition) is 0.